The molecule has 1 aromatic carbocycles. The fourth-order valence-electron chi connectivity index (χ4n) is 1.63. The second kappa shape index (κ2) is 4.61. The Kier molecular flexibility index (Phi) is 3.17. The maximum atomic E-state index is 12.1. The molecule has 0 aliphatic rings. The van der Waals surface area contributed by atoms with E-state index < -0.39 is 0 Å². The first-order chi connectivity index (χ1) is 8.13. The Morgan fingerprint density at radius 1 is 1.29 bits per heavy atom. The number of hydrogen-bond donors (Lipinski definition) is 2. The molecule has 0 spiro atoms. The van der Waals surface area contributed by atoms with E-state index in [4.69, 9.17) is 23.1 Å². The van der Waals surface area contributed by atoms with Gasteiger partial charge in [-0.2, -0.15) is 0 Å². The molecule has 0 saturated carbocycles. The van der Waals surface area contributed by atoms with Gasteiger partial charge in [0.05, 0.1) is 10.7 Å². The second-order valence-electron chi connectivity index (χ2n) is 3.63. The Balaban J connectivity index is 2.72. The van der Waals surface area contributed by atoms with E-state index in [0.717, 1.165) is 0 Å². The summed E-state index contributed by atoms with van der Waals surface area (Å²) < 4.78 is 1.42. The molecule has 0 unspecified atom stereocenters. The van der Waals surface area contributed by atoms with Crippen molar-refractivity contribution in [2.45, 2.75) is 6.54 Å². The van der Waals surface area contributed by atoms with Gasteiger partial charge in [-0.05, 0) is 18.2 Å². The van der Waals surface area contributed by atoms with Crippen molar-refractivity contribution in [1.82, 2.24) is 4.57 Å². The molecule has 88 valence electrons. The monoisotopic (exact) mass is 249 g/mol. The lowest BCUT2D eigenvalue weighted by atomic mass is 10.2. The zero-order chi connectivity index (χ0) is 12.4. The number of rotatable bonds is 2. The minimum atomic E-state index is -0.199. The van der Waals surface area contributed by atoms with E-state index in [-0.39, 0.29) is 12.1 Å². The van der Waals surface area contributed by atoms with Crippen molar-refractivity contribution in [3.8, 4) is 5.69 Å². The Morgan fingerprint density at radius 3 is 2.65 bits per heavy atom. The number of nitrogens with two attached hydrogens (primary N) is 2. The van der Waals surface area contributed by atoms with Gasteiger partial charge in [-0.25, -0.2) is 0 Å². The molecule has 1 aromatic heterocycles. The van der Waals surface area contributed by atoms with Gasteiger partial charge in [-0.15, -0.1) is 0 Å². The first-order valence-corrected chi connectivity index (χ1v) is 5.47. The van der Waals surface area contributed by atoms with E-state index in [2.05, 4.69) is 0 Å². The van der Waals surface area contributed by atoms with Crippen LogP contribution in [0.4, 0.5) is 5.69 Å². The molecular weight excluding hydrogens is 238 g/mol. The van der Waals surface area contributed by atoms with Crippen LogP contribution < -0.4 is 17.0 Å². The van der Waals surface area contributed by atoms with E-state index in [1.54, 1.807) is 36.5 Å². The molecular formula is C12H12ClN3O. The van der Waals surface area contributed by atoms with Crippen LogP contribution in [0.25, 0.3) is 5.69 Å². The van der Waals surface area contributed by atoms with Crippen molar-refractivity contribution in [1.29, 1.82) is 0 Å². The van der Waals surface area contributed by atoms with Crippen molar-refractivity contribution in [3.63, 3.8) is 0 Å². The minimum Gasteiger partial charge on any atom is -0.398 e. The highest BCUT2D eigenvalue weighted by Crippen LogP contribution is 2.19. The molecule has 0 saturated heterocycles. The van der Waals surface area contributed by atoms with Gasteiger partial charge in [0.25, 0.3) is 5.56 Å². The molecule has 2 rings (SSSR count). The zero-order valence-corrected chi connectivity index (χ0v) is 9.82. The third-order valence-corrected chi connectivity index (χ3v) is 2.76. The molecule has 0 fully saturated rings. The molecule has 5 heteroatoms. The standard InChI is InChI=1S/C12H12ClN3O/c13-10-3-1-2-4-11(10)16-7-9(15)5-8(6-14)12(16)17/h1-5,7H,6,14-15H2. The first-order valence-electron chi connectivity index (χ1n) is 5.09. The summed E-state index contributed by atoms with van der Waals surface area (Å²) in [6.07, 6.45) is 1.54. The Morgan fingerprint density at radius 2 is 2.00 bits per heavy atom. The third-order valence-electron chi connectivity index (χ3n) is 2.44. The molecule has 0 aliphatic carbocycles. The molecule has 1 heterocycles. The van der Waals surface area contributed by atoms with Crippen LogP contribution in [0.2, 0.25) is 5.02 Å². The van der Waals surface area contributed by atoms with Crippen LogP contribution in [0.15, 0.2) is 41.3 Å². The second-order valence-corrected chi connectivity index (χ2v) is 4.04. The van der Waals surface area contributed by atoms with Crippen LogP contribution in [0.5, 0.6) is 0 Å². The van der Waals surface area contributed by atoms with Gasteiger partial charge in [-0.3, -0.25) is 9.36 Å². The lowest BCUT2D eigenvalue weighted by Gasteiger charge is -2.10. The number of nitrogens with zero attached hydrogens (tertiary/aromatic N) is 1. The number of aromatic nitrogens is 1. The van der Waals surface area contributed by atoms with Crippen LogP contribution in [-0.4, -0.2) is 4.57 Å². The largest absolute Gasteiger partial charge is 0.398 e. The smallest absolute Gasteiger partial charge is 0.259 e. The van der Waals surface area contributed by atoms with Gasteiger partial charge in [-0.1, -0.05) is 23.7 Å². The number of halogens is 1. The van der Waals surface area contributed by atoms with Crippen molar-refractivity contribution >= 4 is 17.3 Å². The molecule has 0 amide bonds. The fourth-order valence-corrected chi connectivity index (χ4v) is 1.86. The van der Waals surface area contributed by atoms with Crippen molar-refractivity contribution in [3.05, 3.63) is 57.5 Å². The summed E-state index contributed by atoms with van der Waals surface area (Å²) in [7, 11) is 0. The van der Waals surface area contributed by atoms with Crippen LogP contribution in [-0.2, 0) is 6.54 Å². The molecule has 4 N–H and O–H groups in total. The quantitative estimate of drug-likeness (QED) is 0.848. The molecule has 0 atom stereocenters. The van der Waals surface area contributed by atoms with E-state index in [1.165, 1.54) is 4.57 Å². The van der Waals surface area contributed by atoms with Gasteiger partial charge >= 0.3 is 0 Å². The van der Waals surface area contributed by atoms with Crippen molar-refractivity contribution in [2.75, 3.05) is 5.73 Å². The summed E-state index contributed by atoms with van der Waals surface area (Å²) >= 11 is 6.05. The first kappa shape index (κ1) is 11.7. The Labute approximate surface area is 103 Å². The van der Waals surface area contributed by atoms with Gasteiger partial charge in [0.2, 0.25) is 0 Å². The predicted molar refractivity (Wildman–Crippen MR) is 69.4 cm³/mol. The highest BCUT2D eigenvalue weighted by Gasteiger charge is 2.08. The van der Waals surface area contributed by atoms with E-state index >= 15 is 0 Å². The lowest BCUT2D eigenvalue weighted by molar-refractivity contribution is 0.928. The highest BCUT2D eigenvalue weighted by atomic mass is 35.5. The average molecular weight is 250 g/mol. The minimum absolute atomic E-state index is 0.147. The average Bonchev–Trinajstić information content (AvgIpc) is 2.32. The van der Waals surface area contributed by atoms with E-state index in [1.807, 2.05) is 0 Å². The van der Waals surface area contributed by atoms with Crippen LogP contribution in [0, 0.1) is 0 Å². The van der Waals surface area contributed by atoms with Gasteiger partial charge in [0.15, 0.2) is 0 Å². The Bertz CT molecular complexity index is 607. The highest BCUT2D eigenvalue weighted by molar-refractivity contribution is 6.32. The fraction of sp³-hybridized carbons (Fsp3) is 0.0833. The third kappa shape index (κ3) is 2.18. The maximum absolute atomic E-state index is 12.1. The summed E-state index contributed by atoms with van der Waals surface area (Å²) in [5.41, 5.74) is 12.6. The van der Waals surface area contributed by atoms with E-state index in [0.29, 0.717) is 22.0 Å². The number of nitrogen functional groups attached to an aromatic ring is 1. The number of para-hydroxylation sites is 1. The normalized spacial score (nSPS) is 10.5. The molecule has 0 bridgehead atoms. The summed E-state index contributed by atoms with van der Waals surface area (Å²) in [5.74, 6) is 0. The predicted octanol–water partition coefficient (Wildman–Crippen LogP) is 1.53. The summed E-state index contributed by atoms with van der Waals surface area (Å²) in [6.45, 7) is 0.147. The zero-order valence-electron chi connectivity index (χ0n) is 9.06. The van der Waals surface area contributed by atoms with Crippen LogP contribution >= 0.6 is 11.6 Å². The molecule has 0 radical (unpaired) electrons. The number of anilines is 1. The molecule has 2 aromatic rings. The Hall–Kier alpha value is -1.78. The van der Waals surface area contributed by atoms with E-state index in [9.17, 15) is 4.79 Å². The number of benzene rings is 1. The van der Waals surface area contributed by atoms with Crippen LogP contribution in [0.1, 0.15) is 5.56 Å². The molecule has 17 heavy (non-hydrogen) atoms. The van der Waals surface area contributed by atoms with Gasteiger partial charge in [0.1, 0.15) is 0 Å². The molecule has 0 aliphatic heterocycles. The number of hydrogen-bond acceptors (Lipinski definition) is 3. The van der Waals surface area contributed by atoms with Gasteiger partial charge in [0, 0.05) is 24.0 Å². The summed E-state index contributed by atoms with van der Waals surface area (Å²) in [6, 6.07) is 8.65. The summed E-state index contributed by atoms with van der Waals surface area (Å²) in [4.78, 5) is 12.1. The number of pyridine rings is 1. The molecule has 4 nitrogen and oxygen atoms in total. The SMILES string of the molecule is NCc1cc(N)cn(-c2ccccc2Cl)c1=O. The summed E-state index contributed by atoms with van der Waals surface area (Å²) in [5, 5.41) is 0.489. The maximum Gasteiger partial charge on any atom is 0.259 e. The van der Waals surface area contributed by atoms with Gasteiger partial charge < -0.3 is 11.5 Å². The van der Waals surface area contributed by atoms with Crippen molar-refractivity contribution in [2.24, 2.45) is 5.73 Å². The van der Waals surface area contributed by atoms with Crippen molar-refractivity contribution < 1.29 is 0 Å². The topological polar surface area (TPSA) is 74.0 Å². The lowest BCUT2D eigenvalue weighted by Crippen LogP contribution is -2.24. The van der Waals surface area contributed by atoms with Crippen LogP contribution in [0.3, 0.4) is 0 Å².